The maximum atomic E-state index is 11.8. The second-order valence-corrected chi connectivity index (χ2v) is 9.50. The van der Waals surface area contributed by atoms with E-state index in [0.717, 1.165) is 18.8 Å². The molecule has 0 heterocycles. The van der Waals surface area contributed by atoms with E-state index < -0.39 is 17.9 Å². The van der Waals surface area contributed by atoms with Crippen molar-refractivity contribution in [2.45, 2.75) is 123 Å². The lowest BCUT2D eigenvalue weighted by Gasteiger charge is -2.28. The Morgan fingerprint density at radius 1 is 0.793 bits per heavy atom. The van der Waals surface area contributed by atoms with Crippen LogP contribution in [-0.2, 0) is 18.9 Å². The van der Waals surface area contributed by atoms with Gasteiger partial charge < -0.3 is 18.9 Å². The molecule has 1 rings (SSSR count). The summed E-state index contributed by atoms with van der Waals surface area (Å²) in [5.74, 6) is 0.793. The molecular weight excluding hydrogens is 372 g/mol. The summed E-state index contributed by atoms with van der Waals surface area (Å²) in [6, 6.07) is 0. The van der Waals surface area contributed by atoms with Crippen LogP contribution in [0.15, 0.2) is 0 Å². The molecule has 6 heteroatoms. The van der Waals surface area contributed by atoms with Gasteiger partial charge >= 0.3 is 12.3 Å². The summed E-state index contributed by atoms with van der Waals surface area (Å²) in [4.78, 5) is 23.5. The van der Waals surface area contributed by atoms with Crippen molar-refractivity contribution in [2.24, 2.45) is 5.92 Å². The Balaban J connectivity index is 2.01. The molecule has 1 saturated carbocycles. The van der Waals surface area contributed by atoms with E-state index >= 15 is 0 Å². The van der Waals surface area contributed by atoms with Crippen LogP contribution in [0.1, 0.15) is 105 Å². The SMILES string of the molecule is CC(C)CCCCCCCCOC(=O)OC1CCC(OC(=O)OC(C)(C)C)CC1. The number of ether oxygens (including phenoxy) is 4. The Labute approximate surface area is 177 Å². The first-order valence-corrected chi connectivity index (χ1v) is 11.4. The van der Waals surface area contributed by atoms with E-state index in [4.69, 9.17) is 18.9 Å². The molecule has 0 spiro atoms. The van der Waals surface area contributed by atoms with Crippen LogP contribution in [0.2, 0.25) is 0 Å². The van der Waals surface area contributed by atoms with Crippen LogP contribution in [0.3, 0.4) is 0 Å². The maximum Gasteiger partial charge on any atom is 0.509 e. The van der Waals surface area contributed by atoms with Crippen molar-refractivity contribution in [1.82, 2.24) is 0 Å². The van der Waals surface area contributed by atoms with Crippen LogP contribution in [0.5, 0.6) is 0 Å². The van der Waals surface area contributed by atoms with E-state index in [0.29, 0.717) is 32.3 Å². The van der Waals surface area contributed by atoms with Crippen molar-refractivity contribution in [3.8, 4) is 0 Å². The lowest BCUT2D eigenvalue weighted by Crippen LogP contribution is -2.32. The first kappa shape index (κ1) is 25.6. The predicted octanol–water partition coefficient (Wildman–Crippen LogP) is 6.79. The fraction of sp³-hybridized carbons (Fsp3) is 0.913. The van der Waals surface area contributed by atoms with E-state index in [1.54, 1.807) is 20.8 Å². The van der Waals surface area contributed by atoms with Crippen LogP contribution in [0.25, 0.3) is 0 Å². The van der Waals surface area contributed by atoms with Crippen molar-refractivity contribution in [3.63, 3.8) is 0 Å². The fourth-order valence-electron chi connectivity index (χ4n) is 3.37. The normalized spacial score (nSPS) is 19.7. The molecule has 0 aliphatic heterocycles. The van der Waals surface area contributed by atoms with E-state index in [1.165, 1.54) is 32.1 Å². The van der Waals surface area contributed by atoms with Crippen LogP contribution < -0.4 is 0 Å². The van der Waals surface area contributed by atoms with E-state index in [1.807, 2.05) is 0 Å². The van der Waals surface area contributed by atoms with Gasteiger partial charge in [-0.1, -0.05) is 52.4 Å². The molecule has 0 amide bonds. The van der Waals surface area contributed by atoms with Crippen molar-refractivity contribution in [1.29, 1.82) is 0 Å². The Hall–Kier alpha value is -1.46. The highest BCUT2D eigenvalue weighted by Gasteiger charge is 2.28. The van der Waals surface area contributed by atoms with Crippen LogP contribution in [0, 0.1) is 5.92 Å². The highest BCUT2D eigenvalue weighted by molar-refractivity contribution is 5.61. The van der Waals surface area contributed by atoms with Crippen LogP contribution >= 0.6 is 0 Å². The average Bonchev–Trinajstić information content (AvgIpc) is 2.60. The highest BCUT2D eigenvalue weighted by Crippen LogP contribution is 2.25. The molecular formula is C23H42O6. The number of rotatable bonds is 11. The van der Waals surface area contributed by atoms with E-state index in [-0.39, 0.29) is 12.2 Å². The molecule has 0 unspecified atom stereocenters. The smallest absolute Gasteiger partial charge is 0.434 e. The molecule has 0 saturated heterocycles. The molecule has 1 fully saturated rings. The number of carbonyl (C=O) groups excluding carboxylic acids is 2. The molecule has 0 aromatic rings. The molecule has 0 atom stereocenters. The third-order valence-electron chi connectivity index (χ3n) is 4.93. The van der Waals surface area contributed by atoms with Crippen molar-refractivity contribution in [2.75, 3.05) is 6.61 Å². The van der Waals surface area contributed by atoms with Gasteiger partial charge in [-0.15, -0.1) is 0 Å². The van der Waals surface area contributed by atoms with Crippen LogP contribution in [-0.4, -0.2) is 36.7 Å². The number of unbranched alkanes of at least 4 members (excludes halogenated alkanes) is 5. The lowest BCUT2D eigenvalue weighted by atomic mass is 9.95. The average molecular weight is 415 g/mol. The summed E-state index contributed by atoms with van der Waals surface area (Å²) in [6.07, 6.45) is 9.42. The Bertz CT molecular complexity index is 460. The van der Waals surface area contributed by atoms with Gasteiger partial charge in [-0.3, -0.25) is 0 Å². The second-order valence-electron chi connectivity index (χ2n) is 9.50. The maximum absolute atomic E-state index is 11.8. The third-order valence-corrected chi connectivity index (χ3v) is 4.93. The summed E-state index contributed by atoms with van der Waals surface area (Å²) < 4.78 is 21.1. The summed E-state index contributed by atoms with van der Waals surface area (Å²) in [6.45, 7) is 10.4. The zero-order valence-electron chi connectivity index (χ0n) is 19.2. The summed E-state index contributed by atoms with van der Waals surface area (Å²) in [5, 5.41) is 0. The van der Waals surface area contributed by atoms with E-state index in [9.17, 15) is 9.59 Å². The number of carbonyl (C=O) groups is 2. The number of hydrogen-bond donors (Lipinski definition) is 0. The molecule has 0 aromatic heterocycles. The quantitative estimate of drug-likeness (QED) is 0.274. The monoisotopic (exact) mass is 414 g/mol. The van der Waals surface area contributed by atoms with E-state index in [2.05, 4.69) is 13.8 Å². The van der Waals surface area contributed by atoms with Gasteiger partial charge in [0, 0.05) is 0 Å². The molecule has 0 aromatic carbocycles. The van der Waals surface area contributed by atoms with Gasteiger partial charge in [-0.2, -0.15) is 0 Å². The first-order chi connectivity index (χ1) is 13.7. The Kier molecular flexibility index (Phi) is 12.1. The first-order valence-electron chi connectivity index (χ1n) is 11.4. The highest BCUT2D eigenvalue weighted by atomic mass is 16.7. The van der Waals surface area contributed by atoms with Crippen LogP contribution in [0.4, 0.5) is 9.59 Å². The summed E-state index contributed by atoms with van der Waals surface area (Å²) >= 11 is 0. The van der Waals surface area contributed by atoms with Gasteiger partial charge in [-0.05, 0) is 58.8 Å². The minimum absolute atomic E-state index is 0.165. The lowest BCUT2D eigenvalue weighted by molar-refractivity contribution is -0.0494. The van der Waals surface area contributed by atoms with Gasteiger partial charge in [0.2, 0.25) is 0 Å². The fourth-order valence-corrected chi connectivity index (χ4v) is 3.37. The molecule has 0 bridgehead atoms. The van der Waals surface area contributed by atoms with Gasteiger partial charge in [0.25, 0.3) is 0 Å². The molecule has 29 heavy (non-hydrogen) atoms. The van der Waals surface area contributed by atoms with Crippen molar-refractivity contribution in [3.05, 3.63) is 0 Å². The second kappa shape index (κ2) is 13.7. The van der Waals surface area contributed by atoms with Gasteiger partial charge in [0.1, 0.15) is 17.8 Å². The standard InChI is InChI=1S/C23H42O6/c1-18(2)12-10-8-6-7-9-11-17-26-21(24)27-19-13-15-20(16-14-19)28-22(25)29-23(3,4)5/h18-20H,6-17H2,1-5H3. The topological polar surface area (TPSA) is 71.1 Å². The molecule has 1 aliphatic carbocycles. The molecule has 6 nitrogen and oxygen atoms in total. The van der Waals surface area contributed by atoms with Crippen molar-refractivity contribution < 1.29 is 28.5 Å². The minimum Gasteiger partial charge on any atom is -0.434 e. The minimum atomic E-state index is -0.638. The molecule has 0 N–H and O–H groups in total. The zero-order chi connectivity index (χ0) is 21.7. The van der Waals surface area contributed by atoms with Gasteiger partial charge in [0.05, 0.1) is 6.61 Å². The molecule has 1 aliphatic rings. The molecule has 0 radical (unpaired) electrons. The predicted molar refractivity (Wildman–Crippen MR) is 113 cm³/mol. The summed E-state index contributed by atoms with van der Waals surface area (Å²) in [7, 11) is 0. The van der Waals surface area contributed by atoms with Gasteiger partial charge in [-0.25, -0.2) is 9.59 Å². The third kappa shape index (κ3) is 14.2. The largest absolute Gasteiger partial charge is 0.509 e. The Morgan fingerprint density at radius 3 is 1.79 bits per heavy atom. The zero-order valence-corrected chi connectivity index (χ0v) is 19.2. The van der Waals surface area contributed by atoms with Crippen molar-refractivity contribution >= 4 is 12.3 Å². The number of hydrogen-bond acceptors (Lipinski definition) is 6. The molecule has 170 valence electrons. The Morgan fingerprint density at radius 2 is 1.28 bits per heavy atom. The summed E-state index contributed by atoms with van der Waals surface area (Å²) in [5.41, 5.74) is -0.561. The van der Waals surface area contributed by atoms with Gasteiger partial charge in [0.15, 0.2) is 0 Å².